The quantitative estimate of drug-likeness (QED) is 0.708. The number of aromatic nitrogens is 2. The molecule has 4 heteroatoms. The standard InChI is InChI=1S/C22H23N3O/c1-15-8-9-19(16(2)10-15)22(26)25-13-17-6-4-5-7-20(17)21(14-25)18-11-23-24(3)12-18/h4-12,21H,13-14H2,1-3H3. The molecule has 4 nitrogen and oxygen atoms in total. The molecule has 3 aromatic rings. The van der Waals surface area contributed by atoms with E-state index in [1.165, 1.54) is 16.7 Å². The maximum Gasteiger partial charge on any atom is 0.254 e. The molecule has 0 N–H and O–H groups in total. The van der Waals surface area contributed by atoms with Gasteiger partial charge in [0, 0.05) is 37.8 Å². The highest BCUT2D eigenvalue weighted by Crippen LogP contribution is 2.34. The molecule has 0 saturated heterocycles. The molecule has 0 saturated carbocycles. The van der Waals surface area contributed by atoms with Gasteiger partial charge in [-0.15, -0.1) is 0 Å². The zero-order valence-corrected chi connectivity index (χ0v) is 15.4. The molecule has 0 aliphatic carbocycles. The number of aryl methyl sites for hydroxylation is 3. The Morgan fingerprint density at radius 1 is 1.15 bits per heavy atom. The van der Waals surface area contributed by atoms with E-state index in [2.05, 4.69) is 36.3 Å². The van der Waals surface area contributed by atoms with E-state index in [1.54, 1.807) is 0 Å². The van der Waals surface area contributed by atoms with Crippen LogP contribution in [0.3, 0.4) is 0 Å². The summed E-state index contributed by atoms with van der Waals surface area (Å²) in [7, 11) is 1.93. The lowest BCUT2D eigenvalue weighted by atomic mass is 9.85. The normalized spacial score (nSPS) is 16.4. The van der Waals surface area contributed by atoms with Crippen molar-refractivity contribution in [2.75, 3.05) is 6.54 Å². The van der Waals surface area contributed by atoms with Gasteiger partial charge in [0.25, 0.3) is 5.91 Å². The lowest BCUT2D eigenvalue weighted by Gasteiger charge is -2.34. The van der Waals surface area contributed by atoms with Crippen LogP contribution in [0.1, 0.15) is 44.1 Å². The molecule has 1 atom stereocenters. The molecule has 0 spiro atoms. The van der Waals surface area contributed by atoms with Crippen molar-refractivity contribution in [2.24, 2.45) is 7.05 Å². The largest absolute Gasteiger partial charge is 0.333 e. The third kappa shape index (κ3) is 2.92. The second kappa shape index (κ2) is 6.45. The molecule has 1 aromatic heterocycles. The maximum atomic E-state index is 13.2. The molecular weight excluding hydrogens is 322 g/mol. The van der Waals surface area contributed by atoms with E-state index in [0.717, 1.165) is 16.7 Å². The molecule has 1 aliphatic heterocycles. The predicted molar refractivity (Wildman–Crippen MR) is 102 cm³/mol. The average Bonchev–Trinajstić information content (AvgIpc) is 3.06. The van der Waals surface area contributed by atoms with Crippen LogP contribution in [0.2, 0.25) is 0 Å². The van der Waals surface area contributed by atoms with Crippen molar-refractivity contribution in [3.63, 3.8) is 0 Å². The van der Waals surface area contributed by atoms with E-state index in [0.29, 0.717) is 13.1 Å². The van der Waals surface area contributed by atoms with E-state index in [9.17, 15) is 4.79 Å². The van der Waals surface area contributed by atoms with Crippen molar-refractivity contribution in [3.8, 4) is 0 Å². The first-order chi connectivity index (χ1) is 12.5. The Bertz CT molecular complexity index is 973. The van der Waals surface area contributed by atoms with Crippen molar-refractivity contribution in [2.45, 2.75) is 26.3 Å². The van der Waals surface area contributed by atoms with Crippen LogP contribution in [0.5, 0.6) is 0 Å². The van der Waals surface area contributed by atoms with Crippen LogP contribution < -0.4 is 0 Å². The number of amides is 1. The number of hydrogen-bond acceptors (Lipinski definition) is 2. The lowest BCUT2D eigenvalue weighted by molar-refractivity contribution is 0.0724. The van der Waals surface area contributed by atoms with Gasteiger partial charge in [0.2, 0.25) is 0 Å². The van der Waals surface area contributed by atoms with Crippen LogP contribution in [0.4, 0.5) is 0 Å². The summed E-state index contributed by atoms with van der Waals surface area (Å²) in [6, 6.07) is 14.5. The molecule has 1 unspecified atom stereocenters. The van der Waals surface area contributed by atoms with Gasteiger partial charge in [-0.05, 0) is 42.2 Å². The predicted octanol–water partition coefficient (Wildman–Crippen LogP) is 3.82. The highest BCUT2D eigenvalue weighted by atomic mass is 16.2. The minimum Gasteiger partial charge on any atom is -0.333 e. The van der Waals surface area contributed by atoms with Crippen LogP contribution in [-0.2, 0) is 13.6 Å². The van der Waals surface area contributed by atoms with Crippen molar-refractivity contribution < 1.29 is 4.79 Å². The van der Waals surface area contributed by atoms with Gasteiger partial charge in [-0.3, -0.25) is 9.48 Å². The van der Waals surface area contributed by atoms with Crippen LogP contribution in [0.15, 0.2) is 54.9 Å². The minimum absolute atomic E-state index is 0.103. The summed E-state index contributed by atoms with van der Waals surface area (Å²) in [6.45, 7) is 5.39. The Kier molecular flexibility index (Phi) is 4.11. The van der Waals surface area contributed by atoms with Gasteiger partial charge < -0.3 is 4.90 Å². The molecule has 2 aromatic carbocycles. The Labute approximate surface area is 154 Å². The van der Waals surface area contributed by atoms with Crippen molar-refractivity contribution in [1.82, 2.24) is 14.7 Å². The molecule has 1 amide bonds. The summed E-state index contributed by atoms with van der Waals surface area (Å²) in [5, 5.41) is 4.33. The van der Waals surface area contributed by atoms with Crippen molar-refractivity contribution >= 4 is 5.91 Å². The van der Waals surface area contributed by atoms with Gasteiger partial charge in [-0.25, -0.2) is 0 Å². The summed E-state index contributed by atoms with van der Waals surface area (Å²) >= 11 is 0. The molecule has 0 bridgehead atoms. The van der Waals surface area contributed by atoms with Crippen LogP contribution in [0, 0.1) is 13.8 Å². The lowest BCUT2D eigenvalue weighted by Crippen LogP contribution is -2.38. The number of fused-ring (bicyclic) bond motifs is 1. The summed E-state index contributed by atoms with van der Waals surface area (Å²) in [5.74, 6) is 0.259. The topological polar surface area (TPSA) is 38.1 Å². The Balaban J connectivity index is 1.72. The molecule has 1 aliphatic rings. The molecule has 0 fully saturated rings. The third-order valence-electron chi connectivity index (χ3n) is 5.22. The van der Waals surface area contributed by atoms with Gasteiger partial charge in [-0.2, -0.15) is 5.10 Å². The summed E-state index contributed by atoms with van der Waals surface area (Å²) in [5.41, 5.74) is 6.66. The maximum absolute atomic E-state index is 13.2. The van der Waals surface area contributed by atoms with Crippen molar-refractivity contribution in [1.29, 1.82) is 0 Å². The Morgan fingerprint density at radius 3 is 2.69 bits per heavy atom. The third-order valence-corrected chi connectivity index (χ3v) is 5.22. The fraction of sp³-hybridized carbons (Fsp3) is 0.273. The van der Waals surface area contributed by atoms with Gasteiger partial charge >= 0.3 is 0 Å². The van der Waals surface area contributed by atoms with Crippen LogP contribution in [-0.4, -0.2) is 27.1 Å². The highest BCUT2D eigenvalue weighted by molar-refractivity contribution is 5.96. The average molecular weight is 345 g/mol. The summed E-state index contributed by atoms with van der Waals surface area (Å²) in [6.07, 6.45) is 3.96. The number of carbonyl (C=O) groups excluding carboxylic acids is 1. The Hall–Kier alpha value is -2.88. The monoisotopic (exact) mass is 345 g/mol. The van der Waals surface area contributed by atoms with Crippen LogP contribution >= 0.6 is 0 Å². The number of hydrogen-bond donors (Lipinski definition) is 0. The molecular formula is C22H23N3O. The van der Waals surface area contributed by atoms with Crippen LogP contribution in [0.25, 0.3) is 0 Å². The zero-order valence-electron chi connectivity index (χ0n) is 15.4. The summed E-state index contributed by atoms with van der Waals surface area (Å²) in [4.78, 5) is 15.2. The van der Waals surface area contributed by atoms with Gasteiger partial charge in [0.05, 0.1) is 6.20 Å². The van der Waals surface area contributed by atoms with E-state index in [1.807, 2.05) is 54.1 Å². The van der Waals surface area contributed by atoms with Gasteiger partial charge in [-0.1, -0.05) is 42.0 Å². The smallest absolute Gasteiger partial charge is 0.254 e. The molecule has 2 heterocycles. The van der Waals surface area contributed by atoms with E-state index in [4.69, 9.17) is 0 Å². The molecule has 26 heavy (non-hydrogen) atoms. The zero-order chi connectivity index (χ0) is 18.3. The SMILES string of the molecule is Cc1ccc(C(=O)N2Cc3ccccc3C(c3cnn(C)c3)C2)c(C)c1. The summed E-state index contributed by atoms with van der Waals surface area (Å²) < 4.78 is 1.82. The molecule has 4 rings (SSSR count). The number of rotatable bonds is 2. The van der Waals surface area contributed by atoms with E-state index >= 15 is 0 Å². The first-order valence-corrected chi connectivity index (χ1v) is 8.96. The van der Waals surface area contributed by atoms with Gasteiger partial charge in [0.1, 0.15) is 0 Å². The van der Waals surface area contributed by atoms with Gasteiger partial charge in [0.15, 0.2) is 0 Å². The second-order valence-corrected chi connectivity index (χ2v) is 7.20. The first kappa shape index (κ1) is 16.6. The fourth-order valence-corrected chi connectivity index (χ4v) is 3.89. The minimum atomic E-state index is 0.103. The van der Waals surface area contributed by atoms with Crippen molar-refractivity contribution in [3.05, 3.63) is 88.2 Å². The fourth-order valence-electron chi connectivity index (χ4n) is 3.89. The number of nitrogens with zero attached hydrogens (tertiary/aromatic N) is 3. The number of benzene rings is 2. The highest BCUT2D eigenvalue weighted by Gasteiger charge is 2.30. The number of carbonyl (C=O) groups is 1. The molecule has 132 valence electrons. The Morgan fingerprint density at radius 2 is 1.96 bits per heavy atom. The molecule has 0 radical (unpaired) electrons. The first-order valence-electron chi connectivity index (χ1n) is 8.96. The van der Waals surface area contributed by atoms with E-state index in [-0.39, 0.29) is 11.8 Å². The van der Waals surface area contributed by atoms with E-state index < -0.39 is 0 Å². The second-order valence-electron chi connectivity index (χ2n) is 7.20.